The van der Waals surface area contributed by atoms with E-state index < -0.39 is 0 Å². The maximum Gasteiger partial charge on any atom is 0.294 e. The minimum atomic E-state index is -0.256. The van der Waals surface area contributed by atoms with Crippen LogP contribution < -0.4 is 26.5 Å². The lowest BCUT2D eigenvalue weighted by atomic mass is 10.0. The van der Waals surface area contributed by atoms with E-state index in [0.29, 0.717) is 23.8 Å². The van der Waals surface area contributed by atoms with E-state index in [4.69, 9.17) is 27.9 Å². The number of ether oxygens (including phenoxy) is 1. The van der Waals surface area contributed by atoms with Gasteiger partial charge in [-0.1, -0.05) is 175 Å². The number of benzene rings is 5. The Balaban J connectivity index is 0.000000201. The van der Waals surface area contributed by atoms with Gasteiger partial charge in [-0.05, 0) is 92.6 Å². The van der Waals surface area contributed by atoms with Crippen LogP contribution in [-0.2, 0) is 6.54 Å². The van der Waals surface area contributed by atoms with E-state index in [9.17, 15) is 9.59 Å². The Hall–Kier alpha value is -5.80. The summed E-state index contributed by atoms with van der Waals surface area (Å²) in [5, 5.41) is 7.31. The van der Waals surface area contributed by atoms with Crippen molar-refractivity contribution in [1.29, 1.82) is 0 Å². The van der Waals surface area contributed by atoms with E-state index in [2.05, 4.69) is 142 Å². The number of rotatable bonds is 15. The molecule has 0 spiro atoms. The molecule has 9 rings (SSSR count). The zero-order chi connectivity index (χ0) is 51.3. The topological polar surface area (TPSA) is 120 Å². The second-order valence-corrected chi connectivity index (χ2v) is 21.2. The fourth-order valence-electron chi connectivity index (χ4n) is 9.29. The van der Waals surface area contributed by atoms with Crippen molar-refractivity contribution < 1.29 is 4.74 Å². The SMILES string of the molecule is C/C(=C\c1ccccc1)CN1CCC(Nc2nc(Cl)c(-c3cccc(Br)c3)[nH]c2=O)CC1.COc1ccc(Cn2c(-c3cccc(Br)c3)c(Cl)nc(NC3CCN(C/C(C)=C/c4ccccc4)CC3)c2=O)cc1. The number of H-pyrrole nitrogens is 1. The molecule has 0 radical (unpaired) electrons. The molecule has 2 fully saturated rings. The van der Waals surface area contributed by atoms with Crippen molar-refractivity contribution in [3.8, 4) is 28.3 Å². The molecule has 0 bridgehead atoms. The number of likely N-dealkylation sites (tertiary alicyclic amines) is 2. The molecule has 2 aliphatic rings. The first-order valence-corrected chi connectivity index (χ1v) is 26.9. The lowest BCUT2D eigenvalue weighted by Gasteiger charge is -2.32. The first-order valence-electron chi connectivity index (χ1n) is 24.5. The Morgan fingerprint density at radius 3 is 1.67 bits per heavy atom. The van der Waals surface area contributed by atoms with Gasteiger partial charge in [-0.15, -0.1) is 0 Å². The molecule has 4 heterocycles. The quantitative estimate of drug-likeness (QED) is 0.0922. The lowest BCUT2D eigenvalue weighted by molar-refractivity contribution is 0.236. The van der Waals surface area contributed by atoms with Gasteiger partial charge < -0.3 is 20.4 Å². The summed E-state index contributed by atoms with van der Waals surface area (Å²) >= 11 is 20.2. The van der Waals surface area contributed by atoms with Gasteiger partial charge in [0.1, 0.15) is 5.75 Å². The van der Waals surface area contributed by atoms with Crippen LogP contribution in [0.2, 0.25) is 10.3 Å². The van der Waals surface area contributed by atoms with Crippen LogP contribution >= 0.6 is 55.1 Å². The summed E-state index contributed by atoms with van der Waals surface area (Å²) in [4.78, 5) is 43.3. The van der Waals surface area contributed by atoms with Crippen LogP contribution in [0.1, 0.15) is 56.2 Å². The Morgan fingerprint density at radius 2 is 1.15 bits per heavy atom. The largest absolute Gasteiger partial charge is 0.497 e. The van der Waals surface area contributed by atoms with E-state index in [1.54, 1.807) is 11.7 Å². The molecule has 5 aromatic carbocycles. The molecule has 11 nitrogen and oxygen atoms in total. The Kier molecular flexibility index (Phi) is 19.0. The molecular formula is C58H60Br2Cl2N8O3. The van der Waals surface area contributed by atoms with E-state index in [1.807, 2.05) is 84.9 Å². The standard InChI is InChI=1S/C33H34BrClN4O2.C25H26BrClN4O/c1-23(19-24-7-4-3-5-8-24)21-38-17-15-28(16-18-38)36-32-33(40)39(22-25-11-13-29(41-2)14-12-25)30(31(35)37-32)26-9-6-10-27(34)20-26;1-17(14-18-6-3-2-4-7-18)16-31-12-10-21(11-13-31)28-24-25(32)29-22(23(27)30-24)19-8-5-9-20(26)15-19/h3-14,19-20,28H,15-18,21-22H2,1-2H3,(H,36,37);2-9,14-15,21H,10-13,16H2,1H3,(H,28,30)(H,29,32)/b23-19+;17-14+. The highest BCUT2D eigenvalue weighted by Gasteiger charge is 2.25. The number of halogens is 4. The molecule has 0 unspecified atom stereocenters. The Labute approximate surface area is 454 Å². The molecule has 2 aromatic heterocycles. The second kappa shape index (κ2) is 25.9. The molecule has 2 aliphatic heterocycles. The van der Waals surface area contributed by atoms with Crippen molar-refractivity contribution in [3.63, 3.8) is 0 Å². The van der Waals surface area contributed by atoms with Crippen LogP contribution in [0.5, 0.6) is 5.75 Å². The van der Waals surface area contributed by atoms with Crippen molar-refractivity contribution in [1.82, 2.24) is 29.3 Å². The fraction of sp³-hybridized carbons (Fsp3) is 0.276. The number of hydrogen-bond acceptors (Lipinski definition) is 9. The number of anilines is 2. The van der Waals surface area contributed by atoms with Gasteiger partial charge >= 0.3 is 0 Å². The summed E-state index contributed by atoms with van der Waals surface area (Å²) in [6, 6.07) is 44.2. The number of piperidine rings is 2. The van der Waals surface area contributed by atoms with Gasteiger partial charge in [0.25, 0.3) is 11.1 Å². The summed E-state index contributed by atoms with van der Waals surface area (Å²) in [5.41, 5.74) is 8.40. The predicted molar refractivity (Wildman–Crippen MR) is 308 cm³/mol. The molecule has 15 heteroatoms. The summed E-state index contributed by atoms with van der Waals surface area (Å²) in [6.45, 7) is 10.4. The van der Waals surface area contributed by atoms with Crippen molar-refractivity contribution in [2.24, 2.45) is 0 Å². The van der Waals surface area contributed by atoms with E-state index in [-0.39, 0.29) is 39.3 Å². The van der Waals surface area contributed by atoms with Gasteiger partial charge in [0.2, 0.25) is 0 Å². The Bertz CT molecular complexity index is 3130. The number of aromatic amines is 1. The van der Waals surface area contributed by atoms with Crippen LogP contribution in [0, 0.1) is 0 Å². The van der Waals surface area contributed by atoms with Crippen molar-refractivity contribution in [2.75, 3.05) is 57.0 Å². The van der Waals surface area contributed by atoms with Crippen molar-refractivity contribution in [2.45, 2.75) is 58.2 Å². The van der Waals surface area contributed by atoms with Gasteiger partial charge in [0, 0.05) is 71.4 Å². The molecule has 0 atom stereocenters. The van der Waals surface area contributed by atoms with Gasteiger partial charge in [-0.2, -0.15) is 0 Å². The number of hydrogen-bond donors (Lipinski definition) is 3. The van der Waals surface area contributed by atoms with Crippen LogP contribution in [-0.4, -0.2) is 87.8 Å². The smallest absolute Gasteiger partial charge is 0.294 e. The third-order valence-electron chi connectivity index (χ3n) is 12.9. The molecule has 3 N–H and O–H groups in total. The van der Waals surface area contributed by atoms with Gasteiger partial charge in [0.05, 0.1) is 25.0 Å². The first-order chi connectivity index (χ1) is 35.4. The zero-order valence-electron chi connectivity index (χ0n) is 41.3. The van der Waals surface area contributed by atoms with Crippen LogP contribution in [0.3, 0.4) is 0 Å². The third kappa shape index (κ3) is 15.2. The van der Waals surface area contributed by atoms with E-state index >= 15 is 0 Å². The summed E-state index contributed by atoms with van der Waals surface area (Å²) in [7, 11) is 1.64. The Morgan fingerprint density at radius 1 is 0.658 bits per heavy atom. The minimum Gasteiger partial charge on any atom is -0.497 e. The fourth-order valence-corrected chi connectivity index (χ4v) is 10.6. The maximum absolute atomic E-state index is 13.9. The highest BCUT2D eigenvalue weighted by atomic mass is 79.9. The molecule has 0 amide bonds. The molecule has 0 saturated carbocycles. The second-order valence-electron chi connectivity index (χ2n) is 18.6. The lowest BCUT2D eigenvalue weighted by Crippen LogP contribution is -2.41. The molecule has 73 heavy (non-hydrogen) atoms. The summed E-state index contributed by atoms with van der Waals surface area (Å²) in [6.07, 6.45) is 8.22. The van der Waals surface area contributed by atoms with Gasteiger partial charge in [-0.25, -0.2) is 9.97 Å². The highest BCUT2D eigenvalue weighted by molar-refractivity contribution is 9.10. The number of nitrogens with one attached hydrogen (secondary N) is 3. The summed E-state index contributed by atoms with van der Waals surface area (Å²) in [5.74, 6) is 1.34. The average Bonchev–Trinajstić information content (AvgIpc) is 3.38. The van der Waals surface area contributed by atoms with Crippen LogP contribution in [0.4, 0.5) is 11.6 Å². The van der Waals surface area contributed by atoms with Gasteiger partial charge in [0.15, 0.2) is 21.9 Å². The van der Waals surface area contributed by atoms with Crippen LogP contribution in [0.15, 0.2) is 163 Å². The normalized spacial score (nSPS) is 15.1. The van der Waals surface area contributed by atoms with Crippen LogP contribution in [0.25, 0.3) is 34.7 Å². The van der Waals surface area contributed by atoms with Gasteiger partial charge in [-0.3, -0.25) is 24.0 Å². The predicted octanol–water partition coefficient (Wildman–Crippen LogP) is 13.2. The number of methoxy groups -OCH3 is 1. The van der Waals surface area contributed by atoms with E-state index in [0.717, 1.165) is 96.3 Å². The molecule has 7 aromatic rings. The molecule has 378 valence electrons. The number of nitrogens with zero attached hydrogens (tertiary/aromatic N) is 5. The summed E-state index contributed by atoms with van der Waals surface area (Å²) < 4.78 is 8.83. The molecular weight excluding hydrogens is 1090 g/mol. The third-order valence-corrected chi connectivity index (χ3v) is 14.5. The minimum absolute atomic E-state index is 0.145. The van der Waals surface area contributed by atoms with E-state index in [1.165, 1.54) is 22.3 Å². The van der Waals surface area contributed by atoms with Crippen molar-refractivity contribution >= 4 is 78.8 Å². The maximum atomic E-state index is 13.9. The average molecular weight is 1150 g/mol. The zero-order valence-corrected chi connectivity index (χ0v) is 45.9. The molecule has 0 aliphatic carbocycles. The van der Waals surface area contributed by atoms with Crippen molar-refractivity contribution in [3.05, 3.63) is 201 Å². The first kappa shape index (κ1) is 53.5. The monoisotopic (exact) mass is 1140 g/mol. The number of aromatic nitrogens is 4. The highest BCUT2D eigenvalue weighted by Crippen LogP contribution is 2.31. The molecule has 2 saturated heterocycles.